The summed E-state index contributed by atoms with van der Waals surface area (Å²) in [7, 11) is 0. The van der Waals surface area contributed by atoms with E-state index in [0.29, 0.717) is 38.1 Å². The smallest absolute Gasteiger partial charge is 0.253 e. The minimum Gasteiger partial charge on any atom is -0.493 e. The first-order valence-corrected chi connectivity index (χ1v) is 10.8. The summed E-state index contributed by atoms with van der Waals surface area (Å²) in [6.45, 7) is 3.81. The number of aryl methyl sites for hydroxylation is 1. The van der Waals surface area contributed by atoms with Crippen LogP contribution in [0.5, 0.6) is 5.75 Å². The Bertz CT molecular complexity index is 1050. The van der Waals surface area contributed by atoms with Gasteiger partial charge in [-0.1, -0.05) is 18.2 Å². The van der Waals surface area contributed by atoms with Gasteiger partial charge in [-0.25, -0.2) is 4.98 Å². The van der Waals surface area contributed by atoms with E-state index in [-0.39, 0.29) is 17.9 Å². The third-order valence-electron chi connectivity index (χ3n) is 5.71. The Morgan fingerprint density at radius 2 is 2.00 bits per heavy atom. The van der Waals surface area contributed by atoms with Crippen molar-refractivity contribution >= 4 is 22.8 Å². The van der Waals surface area contributed by atoms with Crippen LogP contribution in [0.15, 0.2) is 48.8 Å². The van der Waals surface area contributed by atoms with Crippen molar-refractivity contribution in [2.75, 3.05) is 19.7 Å². The molecule has 4 rings (SSSR count). The van der Waals surface area contributed by atoms with Crippen molar-refractivity contribution in [3.8, 4) is 5.75 Å². The third kappa shape index (κ3) is 5.23. The number of benzene rings is 2. The fourth-order valence-corrected chi connectivity index (χ4v) is 3.91. The largest absolute Gasteiger partial charge is 0.493 e. The first-order valence-electron chi connectivity index (χ1n) is 10.8. The molecule has 7 nitrogen and oxygen atoms in total. The molecule has 0 atom stereocenters. The lowest BCUT2D eigenvalue weighted by molar-refractivity contribution is -0.122. The van der Waals surface area contributed by atoms with Gasteiger partial charge in [-0.05, 0) is 56.0 Å². The van der Waals surface area contributed by atoms with Gasteiger partial charge in [-0.2, -0.15) is 0 Å². The number of likely N-dealkylation sites (tertiary alicyclic amines) is 1. The van der Waals surface area contributed by atoms with E-state index in [9.17, 15) is 9.59 Å². The van der Waals surface area contributed by atoms with Crippen LogP contribution in [0, 0.1) is 6.92 Å². The summed E-state index contributed by atoms with van der Waals surface area (Å²) in [6.07, 6.45) is 4.28. The standard InChI is InChI=1S/C24H28N4O3/c1-17-5-2-3-6-22(17)31-14-4-7-23(29)27-19-10-12-28(13-11-19)24(30)18-8-9-20-21(15-18)26-16-25-20/h2-3,5-6,8-9,15-16,19H,4,7,10-14H2,1H3,(H,25,26)(H,27,29). The second kappa shape index (κ2) is 9.64. The van der Waals surface area contributed by atoms with Crippen molar-refractivity contribution < 1.29 is 14.3 Å². The molecule has 7 heteroatoms. The summed E-state index contributed by atoms with van der Waals surface area (Å²) in [5.41, 5.74) is 3.47. The summed E-state index contributed by atoms with van der Waals surface area (Å²) in [5, 5.41) is 3.10. The van der Waals surface area contributed by atoms with Gasteiger partial charge in [0.2, 0.25) is 5.91 Å². The highest BCUT2D eigenvalue weighted by atomic mass is 16.5. The number of ether oxygens (including phenoxy) is 1. The van der Waals surface area contributed by atoms with E-state index in [1.807, 2.05) is 54.3 Å². The molecule has 0 aliphatic carbocycles. The summed E-state index contributed by atoms with van der Waals surface area (Å²) < 4.78 is 5.75. The van der Waals surface area contributed by atoms with Gasteiger partial charge in [0.05, 0.1) is 24.0 Å². The number of amides is 2. The number of imidazole rings is 1. The van der Waals surface area contributed by atoms with Gasteiger partial charge in [0, 0.05) is 31.1 Å². The van der Waals surface area contributed by atoms with Crippen LogP contribution in [-0.4, -0.2) is 52.4 Å². The van der Waals surface area contributed by atoms with E-state index in [4.69, 9.17) is 4.74 Å². The monoisotopic (exact) mass is 420 g/mol. The molecule has 1 fully saturated rings. The van der Waals surface area contributed by atoms with Gasteiger partial charge in [-0.3, -0.25) is 9.59 Å². The first-order chi connectivity index (χ1) is 15.1. The average molecular weight is 421 g/mol. The molecular formula is C24H28N4O3. The molecule has 1 saturated heterocycles. The Balaban J connectivity index is 1.17. The number of rotatable bonds is 7. The molecule has 0 radical (unpaired) electrons. The van der Waals surface area contributed by atoms with E-state index < -0.39 is 0 Å². The summed E-state index contributed by atoms with van der Waals surface area (Å²) in [5.74, 6) is 0.934. The van der Waals surface area contributed by atoms with Gasteiger partial charge in [0.1, 0.15) is 5.75 Å². The predicted octanol–water partition coefficient (Wildman–Crippen LogP) is 3.45. The molecule has 2 aromatic carbocycles. The number of carbonyl (C=O) groups is 2. The molecule has 1 aliphatic rings. The number of nitrogens with one attached hydrogen (secondary N) is 2. The zero-order valence-corrected chi connectivity index (χ0v) is 17.8. The number of piperidine rings is 1. The highest BCUT2D eigenvalue weighted by Gasteiger charge is 2.24. The third-order valence-corrected chi connectivity index (χ3v) is 5.71. The number of para-hydroxylation sites is 1. The minimum atomic E-state index is 0.0228. The lowest BCUT2D eigenvalue weighted by atomic mass is 10.0. The Morgan fingerprint density at radius 3 is 2.81 bits per heavy atom. The Hall–Kier alpha value is -3.35. The van der Waals surface area contributed by atoms with E-state index in [2.05, 4.69) is 15.3 Å². The Morgan fingerprint density at radius 1 is 1.19 bits per heavy atom. The number of aromatic nitrogens is 2. The predicted molar refractivity (Wildman–Crippen MR) is 119 cm³/mol. The van der Waals surface area contributed by atoms with Crippen molar-refractivity contribution in [1.29, 1.82) is 0 Å². The number of aromatic amines is 1. The van der Waals surface area contributed by atoms with Crippen molar-refractivity contribution in [2.24, 2.45) is 0 Å². The van der Waals surface area contributed by atoms with Crippen LogP contribution in [0.2, 0.25) is 0 Å². The zero-order valence-electron chi connectivity index (χ0n) is 17.8. The number of H-pyrrole nitrogens is 1. The highest BCUT2D eigenvalue weighted by Crippen LogP contribution is 2.18. The Labute approximate surface area is 181 Å². The summed E-state index contributed by atoms with van der Waals surface area (Å²) in [4.78, 5) is 34.2. The van der Waals surface area contributed by atoms with Crippen molar-refractivity contribution in [1.82, 2.24) is 20.2 Å². The van der Waals surface area contributed by atoms with Gasteiger partial charge >= 0.3 is 0 Å². The minimum absolute atomic E-state index is 0.0228. The number of hydrogen-bond acceptors (Lipinski definition) is 4. The van der Waals surface area contributed by atoms with Crippen molar-refractivity contribution in [2.45, 2.75) is 38.6 Å². The molecule has 2 amide bonds. The van der Waals surface area contributed by atoms with E-state index in [1.54, 1.807) is 6.33 Å². The van der Waals surface area contributed by atoms with Crippen molar-refractivity contribution in [3.05, 3.63) is 59.9 Å². The van der Waals surface area contributed by atoms with Gasteiger partial charge in [-0.15, -0.1) is 0 Å². The van der Waals surface area contributed by atoms with E-state index >= 15 is 0 Å². The molecule has 1 aliphatic heterocycles. The molecule has 0 bridgehead atoms. The number of carbonyl (C=O) groups excluding carboxylic acids is 2. The second-order valence-corrected chi connectivity index (χ2v) is 7.99. The van der Waals surface area contributed by atoms with E-state index in [1.165, 1.54) is 0 Å². The number of fused-ring (bicyclic) bond motifs is 1. The molecule has 3 aromatic rings. The lowest BCUT2D eigenvalue weighted by Gasteiger charge is -2.32. The van der Waals surface area contributed by atoms with Crippen LogP contribution in [0.25, 0.3) is 11.0 Å². The topological polar surface area (TPSA) is 87.3 Å². The fourth-order valence-electron chi connectivity index (χ4n) is 3.91. The second-order valence-electron chi connectivity index (χ2n) is 7.99. The van der Waals surface area contributed by atoms with E-state index in [0.717, 1.165) is 35.2 Å². The zero-order chi connectivity index (χ0) is 21.6. The van der Waals surface area contributed by atoms with Crippen LogP contribution in [0.4, 0.5) is 0 Å². The fraction of sp³-hybridized carbons (Fsp3) is 0.375. The Kier molecular flexibility index (Phi) is 6.50. The SMILES string of the molecule is Cc1ccccc1OCCCC(=O)NC1CCN(C(=O)c2ccc3nc[nH]c3c2)CC1. The average Bonchev–Trinajstić information content (AvgIpc) is 3.26. The molecule has 2 heterocycles. The lowest BCUT2D eigenvalue weighted by Crippen LogP contribution is -2.46. The maximum Gasteiger partial charge on any atom is 0.253 e. The van der Waals surface area contributed by atoms with Gasteiger partial charge < -0.3 is 19.9 Å². The van der Waals surface area contributed by atoms with Crippen LogP contribution < -0.4 is 10.1 Å². The molecule has 2 N–H and O–H groups in total. The maximum atomic E-state index is 12.8. The molecule has 0 spiro atoms. The van der Waals surface area contributed by atoms with Crippen LogP contribution >= 0.6 is 0 Å². The molecule has 0 unspecified atom stereocenters. The molecule has 31 heavy (non-hydrogen) atoms. The summed E-state index contributed by atoms with van der Waals surface area (Å²) in [6, 6.07) is 13.5. The highest BCUT2D eigenvalue weighted by molar-refractivity contribution is 5.97. The number of hydrogen-bond donors (Lipinski definition) is 2. The first kappa shape index (κ1) is 20.9. The molecule has 0 saturated carbocycles. The van der Waals surface area contributed by atoms with Crippen molar-refractivity contribution in [3.63, 3.8) is 0 Å². The van der Waals surface area contributed by atoms with Gasteiger partial charge in [0.15, 0.2) is 0 Å². The van der Waals surface area contributed by atoms with Crippen LogP contribution in [-0.2, 0) is 4.79 Å². The quantitative estimate of drug-likeness (QED) is 0.573. The van der Waals surface area contributed by atoms with Gasteiger partial charge in [0.25, 0.3) is 5.91 Å². The number of nitrogens with zero attached hydrogens (tertiary/aromatic N) is 2. The maximum absolute atomic E-state index is 12.8. The molecule has 1 aromatic heterocycles. The normalized spacial score (nSPS) is 14.5. The molecule has 162 valence electrons. The molecular weight excluding hydrogens is 392 g/mol. The summed E-state index contributed by atoms with van der Waals surface area (Å²) >= 11 is 0. The van der Waals surface area contributed by atoms with Crippen LogP contribution in [0.3, 0.4) is 0 Å². The van der Waals surface area contributed by atoms with Crippen LogP contribution in [0.1, 0.15) is 41.6 Å².